The molecule has 2 heterocycles. The van der Waals surface area contributed by atoms with E-state index in [4.69, 9.17) is 5.11 Å². The second-order valence-corrected chi connectivity index (χ2v) is 7.10. The van der Waals surface area contributed by atoms with E-state index in [9.17, 15) is 14.4 Å². The topological polar surface area (TPSA) is 86.7 Å². The Kier molecular flexibility index (Phi) is 5.68. The molecule has 1 saturated heterocycles. The summed E-state index contributed by atoms with van der Waals surface area (Å²) >= 11 is 1.49. The fourth-order valence-electron chi connectivity index (χ4n) is 2.99. The van der Waals surface area contributed by atoms with Crippen LogP contribution in [0.25, 0.3) is 0 Å². The van der Waals surface area contributed by atoms with Gasteiger partial charge >= 0.3 is 5.97 Å². The molecule has 1 aliphatic rings. The van der Waals surface area contributed by atoms with Crippen molar-refractivity contribution in [3.8, 4) is 0 Å². The lowest BCUT2D eigenvalue weighted by molar-refractivity contribution is -0.131. The molecule has 0 unspecified atom stereocenters. The van der Waals surface area contributed by atoms with Gasteiger partial charge in [0.05, 0.1) is 12.0 Å². The minimum atomic E-state index is -0.977. The first kappa shape index (κ1) is 18.1. The van der Waals surface area contributed by atoms with Crippen LogP contribution in [-0.2, 0) is 11.2 Å². The van der Waals surface area contributed by atoms with E-state index in [0.29, 0.717) is 18.7 Å². The number of nitrogens with zero attached hydrogens (tertiary/aromatic N) is 1. The summed E-state index contributed by atoms with van der Waals surface area (Å²) in [5.74, 6) is -1.01. The second-order valence-electron chi connectivity index (χ2n) is 6.32. The van der Waals surface area contributed by atoms with Crippen molar-refractivity contribution in [1.82, 2.24) is 10.2 Å². The molecule has 1 aliphatic heterocycles. The molecule has 2 aromatic rings. The number of carboxylic acid groups (broad SMARTS) is 1. The van der Waals surface area contributed by atoms with Crippen molar-refractivity contribution in [3.63, 3.8) is 0 Å². The molecule has 136 valence electrons. The quantitative estimate of drug-likeness (QED) is 0.844. The van der Waals surface area contributed by atoms with Crippen LogP contribution in [0.4, 0.5) is 0 Å². The standard InChI is InChI=1S/C19H20N2O4S/c22-17(11-13-1-3-14(4-2-13)19(24)25)21-8-5-16(6-9-21)20-18(23)15-7-10-26-12-15/h1-4,7,10,12,16H,5-6,8-9,11H2,(H,20,23)(H,24,25). The normalized spacial score (nSPS) is 14.8. The van der Waals surface area contributed by atoms with Crippen LogP contribution in [0.15, 0.2) is 41.1 Å². The average molecular weight is 372 g/mol. The Hall–Kier alpha value is -2.67. The first-order valence-electron chi connectivity index (χ1n) is 8.46. The summed E-state index contributed by atoms with van der Waals surface area (Å²) in [6, 6.07) is 8.26. The van der Waals surface area contributed by atoms with Gasteiger partial charge in [-0.05, 0) is 42.0 Å². The Morgan fingerprint density at radius 2 is 1.77 bits per heavy atom. The zero-order chi connectivity index (χ0) is 18.5. The minimum absolute atomic E-state index is 0.0238. The molecule has 1 fully saturated rings. The molecule has 0 bridgehead atoms. The first-order chi connectivity index (χ1) is 12.5. The summed E-state index contributed by atoms with van der Waals surface area (Å²) in [7, 11) is 0. The van der Waals surface area contributed by atoms with Crippen molar-refractivity contribution in [2.45, 2.75) is 25.3 Å². The summed E-state index contributed by atoms with van der Waals surface area (Å²) in [6.45, 7) is 1.22. The smallest absolute Gasteiger partial charge is 0.335 e. The molecule has 1 aromatic carbocycles. The van der Waals surface area contributed by atoms with Gasteiger partial charge in [-0.25, -0.2) is 4.79 Å². The van der Waals surface area contributed by atoms with Crippen molar-refractivity contribution >= 4 is 29.1 Å². The Bertz CT molecular complexity index is 778. The summed E-state index contributed by atoms with van der Waals surface area (Å²) in [4.78, 5) is 37.2. The summed E-state index contributed by atoms with van der Waals surface area (Å²) in [6.07, 6.45) is 1.73. The number of hydrogen-bond acceptors (Lipinski definition) is 4. The van der Waals surface area contributed by atoms with Crippen LogP contribution in [-0.4, -0.2) is 46.9 Å². The molecule has 0 saturated carbocycles. The maximum Gasteiger partial charge on any atom is 0.335 e. The molecule has 2 N–H and O–H groups in total. The Labute approximate surface area is 155 Å². The zero-order valence-corrected chi connectivity index (χ0v) is 15.0. The minimum Gasteiger partial charge on any atom is -0.478 e. The number of nitrogens with one attached hydrogen (secondary N) is 1. The fourth-order valence-corrected chi connectivity index (χ4v) is 3.62. The van der Waals surface area contributed by atoms with Gasteiger partial charge in [-0.2, -0.15) is 11.3 Å². The highest BCUT2D eigenvalue weighted by Gasteiger charge is 2.24. The van der Waals surface area contributed by atoms with Gasteiger partial charge in [0.2, 0.25) is 5.91 Å². The molecule has 3 rings (SSSR count). The molecule has 0 aliphatic carbocycles. The number of thiophene rings is 1. The van der Waals surface area contributed by atoms with Crippen molar-refractivity contribution in [2.24, 2.45) is 0 Å². The van der Waals surface area contributed by atoms with Crippen LogP contribution in [0.3, 0.4) is 0 Å². The highest BCUT2D eigenvalue weighted by molar-refractivity contribution is 7.08. The maximum atomic E-state index is 12.4. The van der Waals surface area contributed by atoms with Crippen molar-refractivity contribution in [2.75, 3.05) is 13.1 Å². The van der Waals surface area contributed by atoms with Crippen LogP contribution < -0.4 is 5.32 Å². The predicted octanol–water partition coefficient (Wildman–Crippen LogP) is 2.41. The molecule has 1 aromatic heterocycles. The molecule has 0 spiro atoms. The third-order valence-corrected chi connectivity index (χ3v) is 5.21. The molecule has 2 amide bonds. The molecule has 7 heteroatoms. The largest absolute Gasteiger partial charge is 0.478 e. The van der Waals surface area contributed by atoms with E-state index in [0.717, 1.165) is 18.4 Å². The molecular weight excluding hydrogens is 352 g/mol. The maximum absolute atomic E-state index is 12.4. The van der Waals surface area contributed by atoms with Gasteiger partial charge in [0.25, 0.3) is 5.91 Å². The van der Waals surface area contributed by atoms with E-state index < -0.39 is 5.97 Å². The van der Waals surface area contributed by atoms with E-state index in [2.05, 4.69) is 5.32 Å². The molecule has 0 atom stereocenters. The van der Waals surface area contributed by atoms with Gasteiger partial charge in [0.15, 0.2) is 0 Å². The summed E-state index contributed by atoms with van der Waals surface area (Å²) in [5, 5.41) is 15.6. The number of carbonyl (C=O) groups is 3. The predicted molar refractivity (Wildman–Crippen MR) is 98.5 cm³/mol. The Balaban J connectivity index is 1.47. The van der Waals surface area contributed by atoms with E-state index >= 15 is 0 Å². The average Bonchev–Trinajstić information content (AvgIpc) is 3.17. The number of likely N-dealkylation sites (tertiary alicyclic amines) is 1. The van der Waals surface area contributed by atoms with Crippen LogP contribution in [0.1, 0.15) is 39.1 Å². The lowest BCUT2D eigenvalue weighted by Crippen LogP contribution is -2.46. The molecule has 26 heavy (non-hydrogen) atoms. The van der Waals surface area contributed by atoms with E-state index in [-0.39, 0.29) is 29.8 Å². The highest BCUT2D eigenvalue weighted by Crippen LogP contribution is 2.14. The number of aromatic carboxylic acids is 1. The zero-order valence-electron chi connectivity index (χ0n) is 14.2. The summed E-state index contributed by atoms with van der Waals surface area (Å²) in [5.41, 5.74) is 1.69. The van der Waals surface area contributed by atoms with Crippen molar-refractivity contribution in [1.29, 1.82) is 0 Å². The van der Waals surface area contributed by atoms with Gasteiger partial charge in [0, 0.05) is 30.1 Å². The number of piperidine rings is 1. The fraction of sp³-hybridized carbons (Fsp3) is 0.316. The lowest BCUT2D eigenvalue weighted by atomic mass is 10.0. The SMILES string of the molecule is O=C(O)c1ccc(CC(=O)N2CCC(NC(=O)c3ccsc3)CC2)cc1. The van der Waals surface area contributed by atoms with Gasteiger partial charge in [-0.1, -0.05) is 12.1 Å². The van der Waals surface area contributed by atoms with Crippen LogP contribution in [0.2, 0.25) is 0 Å². The number of hydrogen-bond donors (Lipinski definition) is 2. The van der Waals surface area contributed by atoms with Gasteiger partial charge in [-0.15, -0.1) is 0 Å². The van der Waals surface area contributed by atoms with Crippen LogP contribution >= 0.6 is 11.3 Å². The van der Waals surface area contributed by atoms with Crippen LogP contribution in [0.5, 0.6) is 0 Å². The molecule has 6 nitrogen and oxygen atoms in total. The number of benzene rings is 1. The lowest BCUT2D eigenvalue weighted by Gasteiger charge is -2.32. The Morgan fingerprint density at radius 3 is 2.35 bits per heavy atom. The number of rotatable bonds is 5. The van der Waals surface area contributed by atoms with Gasteiger partial charge < -0.3 is 15.3 Å². The number of carboxylic acids is 1. The van der Waals surface area contributed by atoms with E-state index in [1.54, 1.807) is 23.1 Å². The number of amides is 2. The van der Waals surface area contributed by atoms with Crippen molar-refractivity contribution < 1.29 is 19.5 Å². The monoisotopic (exact) mass is 372 g/mol. The van der Waals surface area contributed by atoms with Gasteiger partial charge in [0.1, 0.15) is 0 Å². The van der Waals surface area contributed by atoms with Gasteiger partial charge in [-0.3, -0.25) is 9.59 Å². The molecule has 0 radical (unpaired) electrons. The second kappa shape index (κ2) is 8.14. The summed E-state index contributed by atoms with van der Waals surface area (Å²) < 4.78 is 0. The van der Waals surface area contributed by atoms with Crippen LogP contribution in [0, 0.1) is 0 Å². The van der Waals surface area contributed by atoms with E-state index in [1.165, 1.54) is 23.5 Å². The van der Waals surface area contributed by atoms with E-state index in [1.807, 2.05) is 10.8 Å². The highest BCUT2D eigenvalue weighted by atomic mass is 32.1. The third kappa shape index (κ3) is 4.49. The Morgan fingerprint density at radius 1 is 1.08 bits per heavy atom. The van der Waals surface area contributed by atoms with Crippen molar-refractivity contribution in [3.05, 3.63) is 57.8 Å². The number of carbonyl (C=O) groups excluding carboxylic acids is 2. The third-order valence-electron chi connectivity index (χ3n) is 4.52. The molecular formula is C19H20N2O4S. The first-order valence-corrected chi connectivity index (χ1v) is 9.40.